The lowest BCUT2D eigenvalue weighted by Gasteiger charge is -2.16. The number of benzene rings is 2. The first kappa shape index (κ1) is 17.9. The molecule has 28 heavy (non-hydrogen) atoms. The third-order valence-electron chi connectivity index (χ3n) is 4.49. The summed E-state index contributed by atoms with van der Waals surface area (Å²) in [4.78, 5) is 18.6. The molecule has 0 aliphatic carbocycles. The lowest BCUT2D eigenvalue weighted by molar-refractivity contribution is -0.132. The average molecular weight is 376 g/mol. The van der Waals surface area contributed by atoms with Crippen molar-refractivity contribution in [2.45, 2.75) is 13.5 Å². The highest BCUT2D eigenvalue weighted by Crippen LogP contribution is 2.32. The number of nitrogens with zero attached hydrogens (tertiary/aromatic N) is 2. The Morgan fingerprint density at radius 2 is 1.96 bits per heavy atom. The molecule has 6 nitrogen and oxygen atoms in total. The van der Waals surface area contributed by atoms with E-state index in [1.165, 1.54) is 0 Å². The summed E-state index contributed by atoms with van der Waals surface area (Å²) in [6.07, 6.45) is 1.59. The Balaban J connectivity index is 1.51. The van der Waals surface area contributed by atoms with Crippen molar-refractivity contribution in [1.82, 2.24) is 9.88 Å². The van der Waals surface area contributed by atoms with Crippen molar-refractivity contribution >= 4 is 17.0 Å². The quantitative estimate of drug-likeness (QED) is 0.498. The monoisotopic (exact) mass is 376 g/mol. The smallest absolute Gasteiger partial charge is 0.260 e. The predicted molar refractivity (Wildman–Crippen MR) is 105 cm³/mol. The van der Waals surface area contributed by atoms with Crippen molar-refractivity contribution < 1.29 is 18.4 Å². The molecule has 0 aliphatic rings. The summed E-state index contributed by atoms with van der Waals surface area (Å²) in [6, 6.07) is 16.8. The Kier molecular flexibility index (Phi) is 4.85. The molecule has 0 saturated heterocycles. The predicted octanol–water partition coefficient (Wildman–Crippen LogP) is 4.43. The number of para-hydroxylation sites is 2. The molecule has 0 radical (unpaired) electrons. The van der Waals surface area contributed by atoms with Gasteiger partial charge in [0.05, 0.1) is 18.4 Å². The van der Waals surface area contributed by atoms with E-state index in [9.17, 15) is 4.79 Å². The number of aryl methyl sites for hydroxylation is 1. The van der Waals surface area contributed by atoms with Crippen LogP contribution in [-0.2, 0) is 11.3 Å². The highest BCUT2D eigenvalue weighted by Gasteiger charge is 2.16. The first-order valence-corrected chi connectivity index (χ1v) is 8.96. The molecule has 0 saturated carbocycles. The number of hydrogen-bond donors (Lipinski definition) is 0. The topological polar surface area (TPSA) is 68.7 Å². The van der Waals surface area contributed by atoms with Gasteiger partial charge in [0.25, 0.3) is 5.91 Å². The maximum absolute atomic E-state index is 12.4. The zero-order valence-electron chi connectivity index (χ0n) is 15.7. The molecule has 4 aromatic rings. The van der Waals surface area contributed by atoms with Crippen LogP contribution in [0.1, 0.15) is 11.3 Å². The first-order valence-electron chi connectivity index (χ1n) is 8.96. The van der Waals surface area contributed by atoms with Crippen LogP contribution in [0.25, 0.3) is 22.6 Å². The van der Waals surface area contributed by atoms with Crippen molar-refractivity contribution in [3.05, 3.63) is 72.2 Å². The molecular weight excluding hydrogens is 356 g/mol. The summed E-state index contributed by atoms with van der Waals surface area (Å²) in [5.74, 6) is 1.58. The third kappa shape index (κ3) is 3.62. The molecule has 0 bridgehead atoms. The molecule has 0 fully saturated rings. The number of hydrogen-bond acceptors (Lipinski definition) is 5. The largest absolute Gasteiger partial charge is 0.483 e. The van der Waals surface area contributed by atoms with E-state index in [0.717, 1.165) is 22.4 Å². The van der Waals surface area contributed by atoms with Crippen LogP contribution in [0.4, 0.5) is 0 Å². The van der Waals surface area contributed by atoms with E-state index in [0.29, 0.717) is 23.7 Å². The number of ether oxygens (including phenoxy) is 1. The van der Waals surface area contributed by atoms with Crippen LogP contribution in [0.3, 0.4) is 0 Å². The minimum atomic E-state index is -0.153. The van der Waals surface area contributed by atoms with E-state index in [2.05, 4.69) is 4.98 Å². The number of furan rings is 1. The van der Waals surface area contributed by atoms with Crippen LogP contribution >= 0.6 is 0 Å². The van der Waals surface area contributed by atoms with E-state index in [1.54, 1.807) is 30.3 Å². The van der Waals surface area contributed by atoms with Crippen LogP contribution in [-0.4, -0.2) is 29.4 Å². The van der Waals surface area contributed by atoms with Gasteiger partial charge in [0.1, 0.15) is 17.0 Å². The van der Waals surface area contributed by atoms with Crippen molar-refractivity contribution in [2.24, 2.45) is 0 Å². The molecule has 6 heteroatoms. The average Bonchev–Trinajstić information content (AvgIpc) is 3.36. The molecule has 0 N–H and O–H groups in total. The van der Waals surface area contributed by atoms with E-state index < -0.39 is 0 Å². The van der Waals surface area contributed by atoms with E-state index >= 15 is 0 Å². The fourth-order valence-electron chi connectivity index (χ4n) is 2.94. The number of carbonyl (C=O) groups is 1. The van der Waals surface area contributed by atoms with Gasteiger partial charge in [0, 0.05) is 7.05 Å². The van der Waals surface area contributed by atoms with Crippen LogP contribution in [0.15, 0.2) is 69.7 Å². The van der Waals surface area contributed by atoms with Gasteiger partial charge in [-0.05, 0) is 42.8 Å². The molecular formula is C22H20N2O4. The molecule has 0 spiro atoms. The Hall–Kier alpha value is -3.54. The van der Waals surface area contributed by atoms with E-state index in [-0.39, 0.29) is 12.5 Å². The van der Waals surface area contributed by atoms with Gasteiger partial charge >= 0.3 is 0 Å². The van der Waals surface area contributed by atoms with Gasteiger partial charge in [-0.3, -0.25) is 4.79 Å². The summed E-state index contributed by atoms with van der Waals surface area (Å²) >= 11 is 0. The number of amides is 1. The molecule has 2 heterocycles. The zero-order chi connectivity index (χ0) is 19.5. The van der Waals surface area contributed by atoms with E-state index in [4.69, 9.17) is 13.6 Å². The molecule has 2 aromatic carbocycles. The van der Waals surface area contributed by atoms with Crippen molar-refractivity contribution in [1.29, 1.82) is 0 Å². The van der Waals surface area contributed by atoms with Crippen molar-refractivity contribution in [2.75, 3.05) is 13.7 Å². The minimum absolute atomic E-state index is 0.0898. The first-order chi connectivity index (χ1) is 13.6. The maximum atomic E-state index is 12.4. The van der Waals surface area contributed by atoms with Crippen LogP contribution in [0.5, 0.6) is 5.75 Å². The lowest BCUT2D eigenvalue weighted by Crippen LogP contribution is -2.30. The third-order valence-corrected chi connectivity index (χ3v) is 4.49. The Bertz CT molecular complexity index is 1100. The molecule has 0 atom stereocenters. The number of likely N-dealkylation sites (N-methyl/N-ethyl adjacent to an activating group) is 1. The molecule has 142 valence electrons. The fraction of sp³-hybridized carbons (Fsp3) is 0.182. The summed E-state index contributed by atoms with van der Waals surface area (Å²) in [5, 5.41) is 0. The molecule has 0 unspecified atom stereocenters. The van der Waals surface area contributed by atoms with Gasteiger partial charge in [-0.25, -0.2) is 4.98 Å². The number of rotatable bonds is 6. The van der Waals surface area contributed by atoms with Crippen LogP contribution < -0.4 is 4.74 Å². The number of fused-ring (bicyclic) bond motifs is 1. The van der Waals surface area contributed by atoms with Gasteiger partial charge in [-0.2, -0.15) is 0 Å². The van der Waals surface area contributed by atoms with Crippen LogP contribution in [0.2, 0.25) is 0 Å². The van der Waals surface area contributed by atoms with E-state index in [1.807, 2.05) is 49.4 Å². The second-order valence-corrected chi connectivity index (χ2v) is 6.55. The highest BCUT2D eigenvalue weighted by molar-refractivity contribution is 5.81. The Labute approximate surface area is 162 Å². The summed E-state index contributed by atoms with van der Waals surface area (Å²) in [6.45, 7) is 2.29. The Morgan fingerprint density at radius 3 is 2.75 bits per heavy atom. The normalized spacial score (nSPS) is 10.9. The summed E-state index contributed by atoms with van der Waals surface area (Å²) in [5.41, 5.74) is 3.29. The second-order valence-electron chi connectivity index (χ2n) is 6.55. The molecule has 1 amide bonds. The summed E-state index contributed by atoms with van der Waals surface area (Å²) < 4.78 is 17.0. The lowest BCUT2D eigenvalue weighted by atomic mass is 10.2. The van der Waals surface area contributed by atoms with Crippen molar-refractivity contribution in [3.8, 4) is 17.2 Å². The van der Waals surface area contributed by atoms with Gasteiger partial charge in [-0.1, -0.05) is 24.3 Å². The van der Waals surface area contributed by atoms with Gasteiger partial charge in [0.2, 0.25) is 5.89 Å². The van der Waals surface area contributed by atoms with Crippen LogP contribution in [0, 0.1) is 6.92 Å². The van der Waals surface area contributed by atoms with Gasteiger partial charge < -0.3 is 18.5 Å². The van der Waals surface area contributed by atoms with Gasteiger partial charge in [0.15, 0.2) is 12.2 Å². The van der Waals surface area contributed by atoms with Gasteiger partial charge in [-0.15, -0.1) is 0 Å². The SMILES string of the molecule is Cc1cccc2oc(-c3ccccc3OCC(=O)N(C)Cc3ccco3)nc12. The summed E-state index contributed by atoms with van der Waals surface area (Å²) in [7, 11) is 1.71. The standard InChI is InChI=1S/C22H20N2O4/c1-15-7-5-11-19-21(15)23-22(28-19)17-9-3-4-10-18(17)27-14-20(25)24(2)13-16-8-6-12-26-16/h3-12H,13-14H2,1-2H3. The molecule has 4 rings (SSSR count). The Morgan fingerprint density at radius 1 is 1.11 bits per heavy atom. The number of carbonyl (C=O) groups excluding carboxylic acids is 1. The van der Waals surface area contributed by atoms with Crippen molar-refractivity contribution in [3.63, 3.8) is 0 Å². The zero-order valence-corrected chi connectivity index (χ0v) is 15.7. The minimum Gasteiger partial charge on any atom is -0.483 e. The second kappa shape index (κ2) is 7.60. The number of oxazole rings is 1. The maximum Gasteiger partial charge on any atom is 0.260 e. The fourth-order valence-corrected chi connectivity index (χ4v) is 2.94. The molecule has 2 aromatic heterocycles. The highest BCUT2D eigenvalue weighted by atomic mass is 16.5. The number of aromatic nitrogens is 1. The molecule has 0 aliphatic heterocycles.